The molecule has 5 nitrogen and oxygen atoms in total. The molecule has 0 spiro atoms. The second-order valence-electron chi connectivity index (χ2n) is 5.17. The Labute approximate surface area is 123 Å². The van der Waals surface area contributed by atoms with E-state index in [-0.39, 0.29) is 12.5 Å². The minimum atomic E-state index is -0.829. The number of carboxylic acids is 1. The molecule has 1 atom stereocenters. The van der Waals surface area contributed by atoms with Crippen LogP contribution in [0.3, 0.4) is 0 Å². The number of carboxylic acid groups (broad SMARTS) is 1. The molecule has 0 aromatic carbocycles. The lowest BCUT2D eigenvalue weighted by atomic mass is 9.98. The first-order valence-corrected chi connectivity index (χ1v) is 7.28. The average Bonchev–Trinajstić information content (AvgIpc) is 2.79. The summed E-state index contributed by atoms with van der Waals surface area (Å²) in [5.74, 6) is -1.42. The van der Waals surface area contributed by atoms with Crippen molar-refractivity contribution in [3.05, 3.63) is 23.0 Å². The number of amides is 1. The third-order valence-corrected chi connectivity index (χ3v) is 3.81. The van der Waals surface area contributed by atoms with Gasteiger partial charge in [-0.15, -0.1) is 0 Å². The van der Waals surface area contributed by atoms with Crippen molar-refractivity contribution < 1.29 is 14.7 Å². The maximum Gasteiger partial charge on any atom is 0.308 e. The van der Waals surface area contributed by atoms with E-state index in [1.807, 2.05) is 11.5 Å². The number of carbonyl (C=O) groups excluding carboxylic acids is 1. The van der Waals surface area contributed by atoms with E-state index in [0.717, 1.165) is 19.4 Å². The lowest BCUT2D eigenvalue weighted by Crippen LogP contribution is -2.42. The maximum atomic E-state index is 12.5. The number of nitrogens with zero attached hydrogens (tertiary/aromatic N) is 2. The van der Waals surface area contributed by atoms with Gasteiger partial charge in [0, 0.05) is 25.8 Å². The minimum Gasteiger partial charge on any atom is -0.481 e. The van der Waals surface area contributed by atoms with Crippen LogP contribution in [-0.2, 0) is 11.3 Å². The Kier molecular flexibility index (Phi) is 4.70. The Morgan fingerprint density at radius 3 is 2.90 bits per heavy atom. The fourth-order valence-corrected chi connectivity index (χ4v) is 2.83. The molecule has 0 aliphatic carbocycles. The van der Waals surface area contributed by atoms with Crippen LogP contribution in [0.5, 0.6) is 0 Å². The molecule has 1 fully saturated rings. The standard InChI is InChI=1S/C14H19ClN2O3/c1-2-5-16-9-11(15)7-12(16)13(18)17-6-3-4-10(8-17)14(19)20/h7,9-10H,2-6,8H2,1H3,(H,19,20)/t10-/m0/s1. The van der Waals surface area contributed by atoms with Gasteiger partial charge in [-0.05, 0) is 25.3 Å². The zero-order chi connectivity index (χ0) is 14.7. The largest absolute Gasteiger partial charge is 0.481 e. The van der Waals surface area contributed by atoms with Crippen molar-refractivity contribution in [3.63, 3.8) is 0 Å². The number of aliphatic carboxylic acids is 1. The predicted octanol–water partition coefficient (Wildman–Crippen LogP) is 2.49. The Balaban J connectivity index is 2.16. The van der Waals surface area contributed by atoms with E-state index in [0.29, 0.717) is 23.7 Å². The monoisotopic (exact) mass is 298 g/mol. The number of carbonyl (C=O) groups is 2. The Morgan fingerprint density at radius 1 is 1.50 bits per heavy atom. The van der Waals surface area contributed by atoms with E-state index in [4.69, 9.17) is 16.7 Å². The van der Waals surface area contributed by atoms with Gasteiger partial charge in [0.2, 0.25) is 0 Å². The number of hydrogen-bond donors (Lipinski definition) is 1. The maximum absolute atomic E-state index is 12.5. The molecule has 0 bridgehead atoms. The lowest BCUT2D eigenvalue weighted by Gasteiger charge is -2.30. The van der Waals surface area contributed by atoms with Gasteiger partial charge in [-0.2, -0.15) is 0 Å². The molecule has 0 saturated carbocycles. The van der Waals surface area contributed by atoms with Gasteiger partial charge in [0.05, 0.1) is 10.9 Å². The van der Waals surface area contributed by atoms with E-state index >= 15 is 0 Å². The third-order valence-electron chi connectivity index (χ3n) is 3.60. The number of piperidine rings is 1. The van der Waals surface area contributed by atoms with E-state index in [2.05, 4.69) is 0 Å². The molecule has 1 aromatic heterocycles. The van der Waals surface area contributed by atoms with E-state index in [1.165, 1.54) is 0 Å². The quantitative estimate of drug-likeness (QED) is 0.929. The number of likely N-dealkylation sites (tertiary alicyclic amines) is 1. The highest BCUT2D eigenvalue weighted by Gasteiger charge is 2.29. The molecule has 1 saturated heterocycles. The minimum absolute atomic E-state index is 0.128. The predicted molar refractivity (Wildman–Crippen MR) is 76.0 cm³/mol. The highest BCUT2D eigenvalue weighted by atomic mass is 35.5. The van der Waals surface area contributed by atoms with E-state index in [1.54, 1.807) is 17.2 Å². The zero-order valence-electron chi connectivity index (χ0n) is 11.5. The summed E-state index contributed by atoms with van der Waals surface area (Å²) in [6.07, 6.45) is 4.01. The van der Waals surface area contributed by atoms with Crippen LogP contribution in [0.2, 0.25) is 5.02 Å². The first-order chi connectivity index (χ1) is 9.52. The molecule has 1 aromatic rings. The Morgan fingerprint density at radius 2 is 2.25 bits per heavy atom. The third kappa shape index (κ3) is 3.15. The van der Waals surface area contributed by atoms with Crippen molar-refractivity contribution in [2.45, 2.75) is 32.7 Å². The zero-order valence-corrected chi connectivity index (χ0v) is 12.3. The lowest BCUT2D eigenvalue weighted by molar-refractivity contribution is -0.143. The van der Waals surface area contributed by atoms with Crippen molar-refractivity contribution in [1.82, 2.24) is 9.47 Å². The molecule has 20 heavy (non-hydrogen) atoms. The van der Waals surface area contributed by atoms with Crippen LogP contribution < -0.4 is 0 Å². The van der Waals surface area contributed by atoms with Crippen LogP contribution in [0.15, 0.2) is 12.3 Å². The van der Waals surface area contributed by atoms with E-state index < -0.39 is 11.9 Å². The molecule has 1 aliphatic rings. The summed E-state index contributed by atoms with van der Waals surface area (Å²) in [4.78, 5) is 25.2. The normalized spacial score (nSPS) is 19.1. The molecular weight excluding hydrogens is 280 g/mol. The summed E-state index contributed by atoms with van der Waals surface area (Å²) >= 11 is 5.98. The number of hydrogen-bond acceptors (Lipinski definition) is 2. The molecule has 1 amide bonds. The van der Waals surface area contributed by atoms with Gasteiger partial charge in [-0.25, -0.2) is 0 Å². The highest BCUT2D eigenvalue weighted by Crippen LogP contribution is 2.21. The van der Waals surface area contributed by atoms with E-state index in [9.17, 15) is 9.59 Å². The number of rotatable bonds is 4. The van der Waals surface area contributed by atoms with Gasteiger partial charge in [0.15, 0.2) is 0 Å². The van der Waals surface area contributed by atoms with Gasteiger partial charge in [0.25, 0.3) is 5.91 Å². The summed E-state index contributed by atoms with van der Waals surface area (Å²) in [5, 5.41) is 9.62. The fraction of sp³-hybridized carbons (Fsp3) is 0.571. The summed E-state index contributed by atoms with van der Waals surface area (Å²) in [5.41, 5.74) is 0.544. The summed E-state index contributed by atoms with van der Waals surface area (Å²) in [7, 11) is 0. The van der Waals surface area contributed by atoms with Crippen molar-refractivity contribution in [2.24, 2.45) is 5.92 Å². The highest BCUT2D eigenvalue weighted by molar-refractivity contribution is 6.31. The van der Waals surface area contributed by atoms with Crippen LogP contribution in [0, 0.1) is 5.92 Å². The number of aryl methyl sites for hydroxylation is 1. The van der Waals surface area contributed by atoms with Gasteiger partial charge >= 0.3 is 5.97 Å². The number of aromatic nitrogens is 1. The average molecular weight is 299 g/mol. The Hall–Kier alpha value is -1.49. The first kappa shape index (κ1) is 14.9. The van der Waals surface area contributed by atoms with Crippen molar-refractivity contribution in [2.75, 3.05) is 13.1 Å². The van der Waals surface area contributed by atoms with Gasteiger partial charge in [-0.3, -0.25) is 9.59 Å². The topological polar surface area (TPSA) is 62.5 Å². The van der Waals surface area contributed by atoms with Crippen LogP contribution in [-0.4, -0.2) is 39.5 Å². The smallest absolute Gasteiger partial charge is 0.308 e. The van der Waals surface area contributed by atoms with Crippen molar-refractivity contribution in [3.8, 4) is 0 Å². The molecule has 6 heteroatoms. The molecule has 1 N–H and O–H groups in total. The van der Waals surface area contributed by atoms with Gasteiger partial charge < -0.3 is 14.6 Å². The van der Waals surface area contributed by atoms with Crippen LogP contribution in [0.25, 0.3) is 0 Å². The molecule has 2 heterocycles. The number of halogens is 1. The van der Waals surface area contributed by atoms with Crippen LogP contribution >= 0.6 is 11.6 Å². The second kappa shape index (κ2) is 6.31. The molecule has 2 rings (SSSR count). The van der Waals surface area contributed by atoms with Crippen LogP contribution in [0.1, 0.15) is 36.7 Å². The molecule has 0 unspecified atom stereocenters. The van der Waals surface area contributed by atoms with Gasteiger partial charge in [-0.1, -0.05) is 18.5 Å². The van der Waals surface area contributed by atoms with Crippen LogP contribution in [0.4, 0.5) is 0 Å². The summed E-state index contributed by atoms with van der Waals surface area (Å²) < 4.78 is 1.84. The second-order valence-corrected chi connectivity index (χ2v) is 5.60. The van der Waals surface area contributed by atoms with Crippen molar-refractivity contribution >= 4 is 23.5 Å². The summed E-state index contributed by atoms with van der Waals surface area (Å²) in [6.45, 7) is 3.65. The molecule has 110 valence electrons. The summed E-state index contributed by atoms with van der Waals surface area (Å²) in [6, 6.07) is 1.66. The molecule has 1 aliphatic heterocycles. The molecular formula is C14H19ClN2O3. The van der Waals surface area contributed by atoms with Crippen molar-refractivity contribution in [1.29, 1.82) is 0 Å². The first-order valence-electron chi connectivity index (χ1n) is 6.90. The molecule has 0 radical (unpaired) electrons. The Bertz CT molecular complexity index is 513. The van der Waals surface area contributed by atoms with Gasteiger partial charge in [0.1, 0.15) is 5.69 Å². The SMILES string of the molecule is CCCn1cc(Cl)cc1C(=O)N1CCC[C@H](C(=O)O)C1. The fourth-order valence-electron chi connectivity index (χ4n) is 2.60.